The maximum absolute atomic E-state index is 12.9. The molecule has 0 saturated carbocycles. The third-order valence-corrected chi connectivity index (χ3v) is 3.96. The molecule has 0 atom stereocenters. The van der Waals surface area contributed by atoms with E-state index in [-0.39, 0.29) is 22.6 Å². The largest absolute Gasteiger partial charge is 0.481 e. The lowest BCUT2D eigenvalue weighted by Gasteiger charge is -2.08. The predicted molar refractivity (Wildman–Crippen MR) is 98.2 cm³/mol. The lowest BCUT2D eigenvalue weighted by atomic mass is 10.0. The SMILES string of the molecule is O=C(O)COc1ccc([N+](=O)[O-])cc1C(=O)c1cnn(-c2ccc(Cl)cc2)c1. The number of carboxylic acid groups (broad SMARTS) is 1. The number of carboxylic acids is 1. The quantitative estimate of drug-likeness (QED) is 0.366. The first-order chi connectivity index (χ1) is 13.3. The molecule has 1 heterocycles. The molecule has 0 bridgehead atoms. The minimum absolute atomic E-state index is 0.0720. The van der Waals surface area contributed by atoms with Crippen LogP contribution in [-0.4, -0.2) is 38.2 Å². The predicted octanol–water partition coefficient (Wildman–Crippen LogP) is 3.13. The van der Waals surface area contributed by atoms with Gasteiger partial charge in [-0.1, -0.05) is 11.6 Å². The summed E-state index contributed by atoms with van der Waals surface area (Å²) in [6, 6.07) is 10.1. The van der Waals surface area contributed by atoms with E-state index in [9.17, 15) is 19.7 Å². The van der Waals surface area contributed by atoms with Crippen LogP contribution in [0.25, 0.3) is 5.69 Å². The molecule has 142 valence electrons. The summed E-state index contributed by atoms with van der Waals surface area (Å²) in [5.41, 5.74) is 0.350. The molecule has 0 saturated heterocycles. The average molecular weight is 402 g/mol. The zero-order valence-electron chi connectivity index (χ0n) is 14.1. The highest BCUT2D eigenvalue weighted by Crippen LogP contribution is 2.27. The molecule has 3 rings (SSSR count). The number of rotatable bonds is 7. The molecule has 0 spiro atoms. The van der Waals surface area contributed by atoms with E-state index >= 15 is 0 Å². The number of nitro benzene ring substituents is 1. The summed E-state index contributed by atoms with van der Waals surface area (Å²) in [6.07, 6.45) is 2.75. The Hall–Kier alpha value is -3.72. The summed E-state index contributed by atoms with van der Waals surface area (Å²) in [4.78, 5) is 34.0. The summed E-state index contributed by atoms with van der Waals surface area (Å²) < 4.78 is 6.54. The van der Waals surface area contributed by atoms with Crippen molar-refractivity contribution in [2.45, 2.75) is 0 Å². The van der Waals surface area contributed by atoms with Gasteiger partial charge in [-0.2, -0.15) is 5.10 Å². The van der Waals surface area contributed by atoms with Crippen molar-refractivity contribution in [3.63, 3.8) is 0 Å². The van der Waals surface area contributed by atoms with E-state index in [1.165, 1.54) is 23.1 Å². The molecule has 28 heavy (non-hydrogen) atoms. The van der Waals surface area contributed by atoms with E-state index < -0.39 is 23.3 Å². The molecule has 10 heteroatoms. The number of ketones is 1. The fraction of sp³-hybridized carbons (Fsp3) is 0.0556. The van der Waals surface area contributed by atoms with Crippen molar-refractivity contribution in [2.75, 3.05) is 6.61 Å². The van der Waals surface area contributed by atoms with E-state index in [4.69, 9.17) is 21.4 Å². The van der Waals surface area contributed by atoms with E-state index in [2.05, 4.69) is 5.10 Å². The molecule has 1 N–H and O–H groups in total. The molecule has 2 aromatic carbocycles. The number of nitro groups is 1. The number of aromatic nitrogens is 2. The van der Waals surface area contributed by atoms with Crippen molar-refractivity contribution in [2.24, 2.45) is 0 Å². The number of ether oxygens (including phenoxy) is 1. The molecule has 0 aliphatic rings. The van der Waals surface area contributed by atoms with Gasteiger partial charge in [0.25, 0.3) is 5.69 Å². The number of non-ortho nitro benzene ring substituents is 1. The maximum Gasteiger partial charge on any atom is 0.341 e. The van der Waals surface area contributed by atoms with Gasteiger partial charge in [0.2, 0.25) is 0 Å². The highest BCUT2D eigenvalue weighted by molar-refractivity contribution is 6.30. The lowest BCUT2D eigenvalue weighted by molar-refractivity contribution is -0.384. The number of carbonyl (C=O) groups excluding carboxylic acids is 1. The summed E-state index contributed by atoms with van der Waals surface area (Å²) in [6.45, 7) is -0.692. The summed E-state index contributed by atoms with van der Waals surface area (Å²) >= 11 is 5.85. The Labute approximate surface area is 162 Å². The fourth-order valence-corrected chi connectivity index (χ4v) is 2.53. The standard InChI is InChI=1S/C18H12ClN3O6/c19-12-1-3-13(4-2-12)21-9-11(8-20-21)18(25)15-7-14(22(26)27)5-6-16(15)28-10-17(23)24/h1-9H,10H2,(H,23,24). The van der Waals surface area contributed by atoms with Gasteiger partial charge in [0.05, 0.1) is 27.9 Å². The van der Waals surface area contributed by atoms with Gasteiger partial charge >= 0.3 is 5.97 Å². The van der Waals surface area contributed by atoms with Crippen LogP contribution in [-0.2, 0) is 4.79 Å². The molecular weight excluding hydrogens is 390 g/mol. The number of halogens is 1. The van der Waals surface area contributed by atoms with Crippen LogP contribution >= 0.6 is 11.6 Å². The van der Waals surface area contributed by atoms with Crippen LogP contribution in [0.5, 0.6) is 5.75 Å². The van der Waals surface area contributed by atoms with Crippen LogP contribution in [0.2, 0.25) is 5.02 Å². The van der Waals surface area contributed by atoms with E-state index in [1.54, 1.807) is 24.3 Å². The van der Waals surface area contributed by atoms with Gasteiger partial charge in [0.15, 0.2) is 12.4 Å². The van der Waals surface area contributed by atoms with Crippen LogP contribution < -0.4 is 4.74 Å². The number of hydrogen-bond donors (Lipinski definition) is 1. The minimum atomic E-state index is -1.24. The van der Waals surface area contributed by atoms with Crippen LogP contribution in [0.15, 0.2) is 54.9 Å². The van der Waals surface area contributed by atoms with Crippen LogP contribution in [0, 0.1) is 10.1 Å². The van der Waals surface area contributed by atoms with Crippen LogP contribution in [0.3, 0.4) is 0 Å². The van der Waals surface area contributed by atoms with Crippen molar-refractivity contribution >= 4 is 29.0 Å². The highest BCUT2D eigenvalue weighted by Gasteiger charge is 2.21. The van der Waals surface area contributed by atoms with Gasteiger partial charge in [-0.05, 0) is 30.3 Å². The Bertz CT molecular complexity index is 1060. The molecule has 0 radical (unpaired) electrons. The first-order valence-electron chi connectivity index (χ1n) is 7.83. The number of aliphatic carboxylic acids is 1. The summed E-state index contributed by atoms with van der Waals surface area (Å²) in [7, 11) is 0. The second-order valence-corrected chi connectivity index (χ2v) is 6.04. The Balaban J connectivity index is 1.96. The monoisotopic (exact) mass is 401 g/mol. The molecule has 0 amide bonds. The number of nitrogens with zero attached hydrogens (tertiary/aromatic N) is 3. The second kappa shape index (κ2) is 7.89. The number of benzene rings is 2. The zero-order chi connectivity index (χ0) is 20.3. The molecule has 3 aromatic rings. The van der Waals surface area contributed by atoms with Gasteiger partial charge in [0.1, 0.15) is 5.75 Å². The van der Waals surface area contributed by atoms with E-state index in [0.717, 1.165) is 12.1 Å². The number of carbonyl (C=O) groups is 2. The topological polar surface area (TPSA) is 125 Å². The number of hydrogen-bond acceptors (Lipinski definition) is 6. The Morgan fingerprint density at radius 1 is 1.21 bits per heavy atom. The third-order valence-electron chi connectivity index (χ3n) is 3.71. The maximum atomic E-state index is 12.9. The molecule has 0 aliphatic heterocycles. The van der Waals surface area contributed by atoms with Gasteiger partial charge in [0, 0.05) is 23.4 Å². The molecule has 0 unspecified atom stereocenters. The van der Waals surface area contributed by atoms with Crippen molar-refractivity contribution in [1.82, 2.24) is 9.78 Å². The normalized spacial score (nSPS) is 10.5. The van der Waals surface area contributed by atoms with E-state index in [0.29, 0.717) is 10.7 Å². The first kappa shape index (κ1) is 19.1. The lowest BCUT2D eigenvalue weighted by Crippen LogP contribution is -2.12. The van der Waals surface area contributed by atoms with Crippen molar-refractivity contribution in [3.8, 4) is 11.4 Å². The molecule has 0 fully saturated rings. The summed E-state index contributed by atoms with van der Waals surface area (Å²) in [5.74, 6) is -1.91. The Morgan fingerprint density at radius 2 is 1.93 bits per heavy atom. The summed E-state index contributed by atoms with van der Waals surface area (Å²) in [5, 5.41) is 24.5. The molecule has 9 nitrogen and oxygen atoms in total. The van der Waals surface area contributed by atoms with Crippen molar-refractivity contribution < 1.29 is 24.4 Å². The molecular formula is C18H12ClN3O6. The smallest absolute Gasteiger partial charge is 0.341 e. The van der Waals surface area contributed by atoms with Crippen molar-refractivity contribution in [1.29, 1.82) is 0 Å². The molecule has 1 aromatic heterocycles. The van der Waals surface area contributed by atoms with Crippen LogP contribution in [0.1, 0.15) is 15.9 Å². The van der Waals surface area contributed by atoms with Gasteiger partial charge < -0.3 is 9.84 Å². The fourth-order valence-electron chi connectivity index (χ4n) is 2.40. The average Bonchev–Trinajstić information content (AvgIpc) is 3.16. The van der Waals surface area contributed by atoms with Gasteiger partial charge in [-0.3, -0.25) is 14.9 Å². The van der Waals surface area contributed by atoms with Gasteiger partial charge in [-0.15, -0.1) is 0 Å². The Morgan fingerprint density at radius 3 is 2.57 bits per heavy atom. The minimum Gasteiger partial charge on any atom is -0.481 e. The van der Waals surface area contributed by atoms with Crippen LogP contribution in [0.4, 0.5) is 5.69 Å². The second-order valence-electron chi connectivity index (χ2n) is 5.60. The first-order valence-corrected chi connectivity index (χ1v) is 8.21. The Kier molecular flexibility index (Phi) is 5.37. The highest BCUT2D eigenvalue weighted by atomic mass is 35.5. The zero-order valence-corrected chi connectivity index (χ0v) is 14.9. The van der Waals surface area contributed by atoms with Crippen molar-refractivity contribution in [3.05, 3.63) is 81.1 Å². The third kappa shape index (κ3) is 4.15. The van der Waals surface area contributed by atoms with Gasteiger partial charge in [-0.25, -0.2) is 9.48 Å². The van der Waals surface area contributed by atoms with E-state index in [1.807, 2.05) is 0 Å². The molecule has 0 aliphatic carbocycles.